The summed E-state index contributed by atoms with van der Waals surface area (Å²) < 4.78 is 32.6. The lowest BCUT2D eigenvalue weighted by Gasteiger charge is -2.25. The number of nitrogens with one attached hydrogen (secondary N) is 1. The zero-order valence-electron chi connectivity index (χ0n) is 15.3. The second kappa shape index (κ2) is 8.86. The van der Waals surface area contributed by atoms with Crippen LogP contribution in [0.3, 0.4) is 0 Å². The fourth-order valence-electron chi connectivity index (χ4n) is 2.96. The smallest absolute Gasteiger partial charge is 0.252 e. The highest BCUT2D eigenvalue weighted by Gasteiger charge is 2.27. The third-order valence-electron chi connectivity index (χ3n) is 4.40. The number of ether oxygens (including phenoxy) is 1. The van der Waals surface area contributed by atoms with E-state index in [0.29, 0.717) is 36.0 Å². The standard InChI is InChI=1S/C19H24N2O4S2/c1-2-25-16-8-6-15(7-9-16)19(22)20-14-17-10-11-18(26-17)27(23,24)21-12-4-3-5-13-21/h6-11H,2-5,12-14H2,1H3,(H,20,22). The van der Waals surface area contributed by atoms with E-state index in [1.165, 1.54) is 11.3 Å². The Morgan fingerprint density at radius 1 is 1.11 bits per heavy atom. The van der Waals surface area contributed by atoms with Crippen LogP contribution >= 0.6 is 11.3 Å². The minimum absolute atomic E-state index is 0.202. The molecule has 1 N–H and O–H groups in total. The van der Waals surface area contributed by atoms with Crippen LogP contribution in [0.4, 0.5) is 0 Å². The van der Waals surface area contributed by atoms with Gasteiger partial charge >= 0.3 is 0 Å². The van der Waals surface area contributed by atoms with E-state index in [2.05, 4.69) is 5.32 Å². The number of thiophene rings is 1. The summed E-state index contributed by atoms with van der Waals surface area (Å²) in [6.07, 6.45) is 2.91. The Bertz CT molecular complexity index is 869. The van der Waals surface area contributed by atoms with E-state index in [4.69, 9.17) is 4.74 Å². The van der Waals surface area contributed by atoms with Crippen molar-refractivity contribution in [1.82, 2.24) is 9.62 Å². The molecule has 0 saturated carbocycles. The molecule has 27 heavy (non-hydrogen) atoms. The molecule has 0 bridgehead atoms. The van der Waals surface area contributed by atoms with Gasteiger partial charge < -0.3 is 10.1 Å². The monoisotopic (exact) mass is 408 g/mol. The molecular formula is C19H24N2O4S2. The number of rotatable bonds is 7. The van der Waals surface area contributed by atoms with Gasteiger partial charge in [-0.25, -0.2) is 8.42 Å². The van der Waals surface area contributed by atoms with Crippen molar-refractivity contribution in [3.8, 4) is 5.75 Å². The maximum absolute atomic E-state index is 12.7. The molecule has 8 heteroatoms. The zero-order valence-corrected chi connectivity index (χ0v) is 16.9. The van der Waals surface area contributed by atoms with Gasteiger partial charge in [0, 0.05) is 23.5 Å². The van der Waals surface area contributed by atoms with Gasteiger partial charge in [0.05, 0.1) is 13.2 Å². The number of sulfonamides is 1. The Kier molecular flexibility index (Phi) is 6.51. The SMILES string of the molecule is CCOc1ccc(C(=O)NCc2ccc(S(=O)(=O)N3CCCCC3)s2)cc1. The Labute approximate surface area is 164 Å². The molecule has 1 amide bonds. The Hall–Kier alpha value is -1.90. The van der Waals surface area contributed by atoms with E-state index in [0.717, 1.165) is 29.9 Å². The molecule has 1 fully saturated rings. The zero-order chi connectivity index (χ0) is 19.3. The summed E-state index contributed by atoms with van der Waals surface area (Å²) in [6.45, 7) is 3.95. The number of piperidine rings is 1. The molecule has 1 aliphatic rings. The summed E-state index contributed by atoms with van der Waals surface area (Å²) in [5.41, 5.74) is 0.538. The molecule has 2 aromatic rings. The first-order chi connectivity index (χ1) is 13.0. The van der Waals surface area contributed by atoms with Crippen molar-refractivity contribution in [3.05, 3.63) is 46.8 Å². The highest BCUT2D eigenvalue weighted by Crippen LogP contribution is 2.27. The Morgan fingerprint density at radius 3 is 2.48 bits per heavy atom. The van der Waals surface area contributed by atoms with Crippen molar-refractivity contribution >= 4 is 27.3 Å². The molecule has 1 aromatic heterocycles. The van der Waals surface area contributed by atoms with Gasteiger partial charge in [-0.1, -0.05) is 6.42 Å². The fourth-order valence-corrected chi connectivity index (χ4v) is 5.93. The van der Waals surface area contributed by atoms with Gasteiger partial charge in [-0.05, 0) is 56.2 Å². The lowest BCUT2D eigenvalue weighted by Crippen LogP contribution is -2.35. The average Bonchev–Trinajstić information content (AvgIpc) is 3.17. The van der Waals surface area contributed by atoms with Crippen LogP contribution in [0.5, 0.6) is 5.75 Å². The van der Waals surface area contributed by atoms with Gasteiger partial charge in [-0.3, -0.25) is 4.79 Å². The number of amides is 1. The molecular weight excluding hydrogens is 384 g/mol. The van der Waals surface area contributed by atoms with Gasteiger partial charge in [-0.15, -0.1) is 11.3 Å². The molecule has 6 nitrogen and oxygen atoms in total. The van der Waals surface area contributed by atoms with Crippen LogP contribution in [0.2, 0.25) is 0 Å². The molecule has 3 rings (SSSR count). The summed E-state index contributed by atoms with van der Waals surface area (Å²) in [7, 11) is -3.42. The van der Waals surface area contributed by atoms with E-state index in [-0.39, 0.29) is 5.91 Å². The van der Waals surface area contributed by atoms with Crippen LogP contribution < -0.4 is 10.1 Å². The Morgan fingerprint density at radius 2 is 1.81 bits per heavy atom. The summed E-state index contributed by atoms with van der Waals surface area (Å²) >= 11 is 1.22. The quantitative estimate of drug-likeness (QED) is 0.763. The first kappa shape index (κ1) is 19.9. The summed E-state index contributed by atoms with van der Waals surface area (Å²) in [5.74, 6) is 0.520. The van der Waals surface area contributed by atoms with Crippen molar-refractivity contribution in [1.29, 1.82) is 0 Å². The number of benzene rings is 1. The number of carbonyl (C=O) groups excluding carboxylic acids is 1. The first-order valence-corrected chi connectivity index (χ1v) is 11.4. The van der Waals surface area contributed by atoms with Gasteiger partial charge in [0.15, 0.2) is 0 Å². The van der Waals surface area contributed by atoms with Gasteiger partial charge in [0.2, 0.25) is 0 Å². The molecule has 2 heterocycles. The number of carbonyl (C=O) groups is 1. The minimum Gasteiger partial charge on any atom is -0.494 e. The molecule has 146 valence electrons. The third-order valence-corrected chi connectivity index (χ3v) is 7.85. The van der Waals surface area contributed by atoms with Crippen molar-refractivity contribution in [2.75, 3.05) is 19.7 Å². The van der Waals surface area contributed by atoms with Crippen molar-refractivity contribution in [2.24, 2.45) is 0 Å². The second-order valence-electron chi connectivity index (χ2n) is 6.33. The van der Waals surface area contributed by atoms with Gasteiger partial charge in [0.25, 0.3) is 15.9 Å². The molecule has 1 aliphatic heterocycles. The lowest BCUT2D eigenvalue weighted by molar-refractivity contribution is 0.0951. The fraction of sp³-hybridized carbons (Fsp3) is 0.421. The van der Waals surface area contributed by atoms with E-state index >= 15 is 0 Å². The number of hydrogen-bond acceptors (Lipinski definition) is 5. The summed E-state index contributed by atoms with van der Waals surface area (Å²) in [6, 6.07) is 10.3. The van der Waals surface area contributed by atoms with E-state index in [9.17, 15) is 13.2 Å². The Balaban J connectivity index is 1.59. The van der Waals surface area contributed by atoms with Crippen LogP contribution in [0.15, 0.2) is 40.6 Å². The average molecular weight is 409 g/mol. The highest BCUT2D eigenvalue weighted by molar-refractivity contribution is 7.91. The van der Waals surface area contributed by atoms with E-state index in [1.54, 1.807) is 40.7 Å². The minimum atomic E-state index is -3.42. The predicted molar refractivity (Wildman–Crippen MR) is 106 cm³/mol. The first-order valence-electron chi connectivity index (χ1n) is 9.10. The predicted octanol–water partition coefficient (Wildman–Crippen LogP) is 3.25. The molecule has 0 unspecified atom stereocenters. The molecule has 0 spiro atoms. The van der Waals surface area contributed by atoms with Gasteiger partial charge in [0.1, 0.15) is 9.96 Å². The highest BCUT2D eigenvalue weighted by atomic mass is 32.2. The number of hydrogen-bond donors (Lipinski definition) is 1. The summed E-state index contributed by atoms with van der Waals surface area (Å²) in [5, 5.41) is 2.83. The van der Waals surface area contributed by atoms with Crippen LogP contribution in [-0.4, -0.2) is 38.3 Å². The third kappa shape index (κ3) is 4.88. The van der Waals surface area contributed by atoms with Crippen molar-refractivity contribution < 1.29 is 17.9 Å². The van der Waals surface area contributed by atoms with Crippen LogP contribution in [0.25, 0.3) is 0 Å². The largest absolute Gasteiger partial charge is 0.494 e. The molecule has 0 aliphatic carbocycles. The van der Waals surface area contributed by atoms with E-state index < -0.39 is 10.0 Å². The normalized spacial score (nSPS) is 15.4. The van der Waals surface area contributed by atoms with Crippen molar-refractivity contribution in [3.63, 3.8) is 0 Å². The molecule has 1 aromatic carbocycles. The van der Waals surface area contributed by atoms with Crippen molar-refractivity contribution in [2.45, 2.75) is 36.9 Å². The van der Waals surface area contributed by atoms with Crippen LogP contribution in [0, 0.1) is 0 Å². The molecule has 0 radical (unpaired) electrons. The second-order valence-corrected chi connectivity index (χ2v) is 9.66. The van der Waals surface area contributed by atoms with Gasteiger partial charge in [-0.2, -0.15) is 4.31 Å². The maximum Gasteiger partial charge on any atom is 0.252 e. The number of nitrogens with zero attached hydrogens (tertiary/aromatic N) is 1. The lowest BCUT2D eigenvalue weighted by atomic mass is 10.2. The summed E-state index contributed by atoms with van der Waals surface area (Å²) in [4.78, 5) is 13.1. The molecule has 0 atom stereocenters. The van der Waals surface area contributed by atoms with E-state index in [1.807, 2.05) is 6.92 Å². The molecule has 1 saturated heterocycles. The maximum atomic E-state index is 12.7. The topological polar surface area (TPSA) is 75.7 Å². The van der Waals surface area contributed by atoms with Crippen LogP contribution in [0.1, 0.15) is 41.4 Å². The van der Waals surface area contributed by atoms with Crippen LogP contribution in [-0.2, 0) is 16.6 Å².